The van der Waals surface area contributed by atoms with E-state index in [9.17, 15) is 19.2 Å². The van der Waals surface area contributed by atoms with E-state index in [1.54, 1.807) is 24.3 Å². The Morgan fingerprint density at radius 1 is 0.846 bits per heavy atom. The van der Waals surface area contributed by atoms with E-state index in [4.69, 9.17) is 10.2 Å². The molecule has 0 spiro atoms. The summed E-state index contributed by atoms with van der Waals surface area (Å²) in [7, 11) is 0. The Hall–Kier alpha value is -3.62. The van der Waals surface area contributed by atoms with Crippen molar-refractivity contribution in [2.75, 3.05) is 13.1 Å². The number of carbonyl (C=O) groups excluding carboxylic acids is 4. The van der Waals surface area contributed by atoms with Crippen molar-refractivity contribution in [1.82, 2.24) is 16.0 Å². The lowest BCUT2D eigenvalue weighted by atomic mass is 10.1. The van der Waals surface area contributed by atoms with Gasteiger partial charge < -0.3 is 26.1 Å². The Balaban J connectivity index is 1.75. The van der Waals surface area contributed by atoms with Crippen LogP contribution >= 0.6 is 0 Å². The van der Waals surface area contributed by atoms with E-state index in [1.807, 2.05) is 0 Å². The highest BCUT2D eigenvalue weighted by atomic mass is 16.3. The number of nitrogens with two attached hydrogens (primary N) is 1. The summed E-state index contributed by atoms with van der Waals surface area (Å²) in [6, 6.07) is 7.97. The van der Waals surface area contributed by atoms with Crippen molar-refractivity contribution in [2.24, 2.45) is 5.73 Å². The van der Waals surface area contributed by atoms with Crippen molar-refractivity contribution >= 4 is 23.6 Å². The minimum Gasteiger partial charge on any atom is -0.472 e. The third-order valence-electron chi connectivity index (χ3n) is 3.32. The summed E-state index contributed by atoms with van der Waals surface area (Å²) in [5, 5.41) is 7.49. The summed E-state index contributed by atoms with van der Waals surface area (Å²) in [5.74, 6) is -1.80. The maximum atomic E-state index is 11.8. The third kappa shape index (κ3) is 5.78. The highest BCUT2D eigenvalue weighted by Crippen LogP contribution is 2.04. The highest BCUT2D eigenvalue weighted by Gasteiger charge is 2.09. The van der Waals surface area contributed by atoms with Gasteiger partial charge >= 0.3 is 0 Å². The van der Waals surface area contributed by atoms with Crippen LogP contribution in [0.1, 0.15) is 26.3 Å². The van der Waals surface area contributed by atoms with E-state index in [-0.39, 0.29) is 25.5 Å². The number of nitrogens with one attached hydrogen (secondary N) is 3. The number of carbonyl (C=O) groups is 4. The van der Waals surface area contributed by atoms with Crippen LogP contribution < -0.4 is 21.7 Å². The minimum atomic E-state index is -0.627. The van der Waals surface area contributed by atoms with Crippen molar-refractivity contribution in [3.05, 3.63) is 59.5 Å². The van der Waals surface area contributed by atoms with E-state index in [2.05, 4.69) is 16.0 Å². The Bertz CT molecular complexity index is 784. The number of benzene rings is 1. The van der Waals surface area contributed by atoms with Crippen LogP contribution in [0, 0.1) is 0 Å². The Labute approximate surface area is 148 Å². The second-order valence-electron chi connectivity index (χ2n) is 5.32. The van der Waals surface area contributed by atoms with Crippen LogP contribution in [0.3, 0.4) is 0 Å². The molecule has 1 heterocycles. The molecule has 0 radical (unpaired) electrons. The topological polar surface area (TPSA) is 144 Å². The first-order valence-electron chi connectivity index (χ1n) is 7.68. The van der Waals surface area contributed by atoms with Crippen LogP contribution in [-0.2, 0) is 16.1 Å². The molecule has 0 saturated carbocycles. The van der Waals surface area contributed by atoms with E-state index >= 15 is 0 Å². The van der Waals surface area contributed by atoms with Crippen molar-refractivity contribution in [2.45, 2.75) is 6.54 Å². The predicted octanol–water partition coefficient (Wildman–Crippen LogP) is -0.459. The first-order chi connectivity index (χ1) is 12.5. The fourth-order valence-electron chi connectivity index (χ4n) is 1.96. The molecule has 1 aromatic carbocycles. The Kier molecular flexibility index (Phi) is 6.49. The van der Waals surface area contributed by atoms with E-state index in [0.717, 1.165) is 5.56 Å². The van der Waals surface area contributed by atoms with Gasteiger partial charge in [-0.05, 0) is 23.8 Å². The van der Waals surface area contributed by atoms with Crippen molar-refractivity contribution in [1.29, 1.82) is 0 Å². The largest absolute Gasteiger partial charge is 0.472 e. The number of primary amides is 1. The maximum Gasteiger partial charge on any atom is 0.254 e. The summed E-state index contributed by atoms with van der Waals surface area (Å²) >= 11 is 0. The molecule has 0 bridgehead atoms. The van der Waals surface area contributed by atoms with Gasteiger partial charge in [-0.25, -0.2) is 0 Å². The molecule has 4 amide bonds. The number of furan rings is 1. The summed E-state index contributed by atoms with van der Waals surface area (Å²) < 4.78 is 4.79. The zero-order chi connectivity index (χ0) is 18.9. The van der Waals surface area contributed by atoms with E-state index < -0.39 is 17.7 Å². The fraction of sp³-hybridized carbons (Fsp3) is 0.176. The average Bonchev–Trinajstić information content (AvgIpc) is 3.17. The number of hydrogen-bond donors (Lipinski definition) is 4. The summed E-state index contributed by atoms with van der Waals surface area (Å²) in [6.45, 7) is -0.164. The quantitative estimate of drug-likeness (QED) is 0.505. The predicted molar refractivity (Wildman–Crippen MR) is 90.9 cm³/mol. The molecule has 0 atom stereocenters. The monoisotopic (exact) mass is 358 g/mol. The van der Waals surface area contributed by atoms with Gasteiger partial charge in [0, 0.05) is 12.1 Å². The molecule has 0 saturated heterocycles. The van der Waals surface area contributed by atoms with Gasteiger partial charge in [0.1, 0.15) is 6.26 Å². The summed E-state index contributed by atoms with van der Waals surface area (Å²) in [4.78, 5) is 45.8. The molecule has 2 rings (SSSR count). The van der Waals surface area contributed by atoms with E-state index in [0.29, 0.717) is 11.1 Å². The lowest BCUT2D eigenvalue weighted by Crippen LogP contribution is -2.36. The molecule has 0 aliphatic heterocycles. The minimum absolute atomic E-state index is 0.169. The maximum absolute atomic E-state index is 11.8. The van der Waals surface area contributed by atoms with Gasteiger partial charge in [-0.2, -0.15) is 0 Å². The Morgan fingerprint density at radius 3 is 2.12 bits per heavy atom. The first kappa shape index (κ1) is 18.7. The summed E-state index contributed by atoms with van der Waals surface area (Å²) in [6.07, 6.45) is 2.65. The highest BCUT2D eigenvalue weighted by molar-refractivity contribution is 5.96. The van der Waals surface area contributed by atoms with Gasteiger partial charge in [0.2, 0.25) is 11.8 Å². The van der Waals surface area contributed by atoms with Gasteiger partial charge in [0.05, 0.1) is 24.9 Å². The zero-order valence-corrected chi connectivity index (χ0v) is 13.8. The molecule has 1 aromatic heterocycles. The number of rotatable bonds is 8. The second-order valence-corrected chi connectivity index (χ2v) is 5.32. The van der Waals surface area contributed by atoms with Crippen LogP contribution in [0.15, 0.2) is 47.3 Å². The number of hydrogen-bond acceptors (Lipinski definition) is 5. The van der Waals surface area contributed by atoms with Gasteiger partial charge in [0.15, 0.2) is 0 Å². The van der Waals surface area contributed by atoms with Crippen LogP contribution in [0.5, 0.6) is 0 Å². The molecule has 2 aromatic rings. The van der Waals surface area contributed by atoms with Crippen LogP contribution in [0.25, 0.3) is 0 Å². The molecule has 26 heavy (non-hydrogen) atoms. The van der Waals surface area contributed by atoms with E-state index in [1.165, 1.54) is 18.6 Å². The lowest BCUT2D eigenvalue weighted by molar-refractivity contribution is -0.120. The molecule has 9 nitrogen and oxygen atoms in total. The molecule has 0 aliphatic rings. The molecule has 0 unspecified atom stereocenters. The number of amides is 4. The van der Waals surface area contributed by atoms with Gasteiger partial charge in [-0.15, -0.1) is 0 Å². The standard InChI is InChI=1S/C17H18N4O5/c18-14(22)8-20-16(24)12-3-1-11(2-4-12)7-19-15(23)9-21-17(25)13-5-6-26-10-13/h1-6,10H,7-9H2,(H2,18,22)(H,19,23)(H,20,24)(H,21,25). The first-order valence-corrected chi connectivity index (χ1v) is 7.68. The summed E-state index contributed by atoms with van der Waals surface area (Å²) in [5.41, 5.74) is 6.43. The lowest BCUT2D eigenvalue weighted by Gasteiger charge is -2.07. The molecule has 0 aliphatic carbocycles. The molecule has 136 valence electrons. The van der Waals surface area contributed by atoms with Crippen LogP contribution in [0.4, 0.5) is 0 Å². The molecular weight excluding hydrogens is 340 g/mol. The second kappa shape index (κ2) is 9.02. The smallest absolute Gasteiger partial charge is 0.254 e. The van der Waals surface area contributed by atoms with Crippen molar-refractivity contribution in [3.8, 4) is 0 Å². The molecular formula is C17H18N4O5. The molecule has 5 N–H and O–H groups in total. The fourth-order valence-corrected chi connectivity index (χ4v) is 1.96. The van der Waals surface area contributed by atoms with Crippen LogP contribution in [-0.4, -0.2) is 36.7 Å². The van der Waals surface area contributed by atoms with Crippen molar-refractivity contribution < 1.29 is 23.6 Å². The average molecular weight is 358 g/mol. The SMILES string of the molecule is NC(=O)CNC(=O)c1ccc(CNC(=O)CNC(=O)c2ccoc2)cc1. The van der Waals surface area contributed by atoms with Gasteiger partial charge in [-0.3, -0.25) is 19.2 Å². The molecule has 0 fully saturated rings. The van der Waals surface area contributed by atoms with Crippen LogP contribution in [0.2, 0.25) is 0 Å². The normalized spacial score (nSPS) is 10.0. The van der Waals surface area contributed by atoms with Gasteiger partial charge in [0.25, 0.3) is 11.8 Å². The van der Waals surface area contributed by atoms with Gasteiger partial charge in [-0.1, -0.05) is 12.1 Å². The molecule has 9 heteroatoms. The third-order valence-corrected chi connectivity index (χ3v) is 3.32. The van der Waals surface area contributed by atoms with Crippen molar-refractivity contribution in [3.63, 3.8) is 0 Å². The zero-order valence-electron chi connectivity index (χ0n) is 13.8. The Morgan fingerprint density at radius 2 is 1.50 bits per heavy atom.